The minimum atomic E-state index is -0.510. The van der Waals surface area contributed by atoms with E-state index in [-0.39, 0.29) is 19.0 Å². The van der Waals surface area contributed by atoms with E-state index in [2.05, 4.69) is 47.0 Å². The summed E-state index contributed by atoms with van der Waals surface area (Å²) in [6.45, 7) is 6.60. The lowest BCUT2D eigenvalue weighted by Gasteiger charge is -2.12. The fraction of sp³-hybridized carbons (Fsp3) is 0.200. The monoisotopic (exact) mass is 545 g/mol. The van der Waals surface area contributed by atoms with Gasteiger partial charge in [0.05, 0.1) is 17.8 Å². The summed E-state index contributed by atoms with van der Waals surface area (Å²) >= 11 is 6.31. The molecule has 2 heterocycles. The SMILES string of the molecule is C#CCOc1c(Cl)cc(/C=N/NC(=O)c2ccc(COc3ccc(-n4c(C)ccc4C)cc3)o2)cc1OCC. The van der Waals surface area contributed by atoms with E-state index in [4.69, 9.17) is 36.7 Å². The molecule has 200 valence electrons. The molecule has 1 N–H and O–H groups in total. The summed E-state index contributed by atoms with van der Waals surface area (Å²) in [4.78, 5) is 12.5. The standard InChI is InChI=1S/C30H28ClN3O5/c1-5-15-37-29-26(31)16-22(17-28(29)36-6-2)18-32-33-30(35)27-14-13-25(39-27)19-38-24-11-9-23(10-12-24)34-20(3)7-8-21(34)4/h1,7-14,16-18H,6,15,19H2,2-4H3,(H,33,35)/b32-18+. The van der Waals surface area contributed by atoms with E-state index < -0.39 is 5.91 Å². The van der Waals surface area contributed by atoms with Crippen LogP contribution in [0.1, 0.15) is 40.2 Å². The Labute approximate surface area is 232 Å². The highest BCUT2D eigenvalue weighted by atomic mass is 35.5. The van der Waals surface area contributed by atoms with Gasteiger partial charge in [0, 0.05) is 17.1 Å². The van der Waals surface area contributed by atoms with Gasteiger partial charge in [0.2, 0.25) is 0 Å². The van der Waals surface area contributed by atoms with Crippen LogP contribution in [0.5, 0.6) is 17.2 Å². The third-order valence-electron chi connectivity index (χ3n) is 5.64. The number of hydrogen-bond donors (Lipinski definition) is 1. The van der Waals surface area contributed by atoms with Crippen molar-refractivity contribution in [1.82, 2.24) is 9.99 Å². The molecule has 9 heteroatoms. The molecule has 2 aromatic carbocycles. The summed E-state index contributed by atoms with van der Waals surface area (Å²) in [5, 5.41) is 4.30. The van der Waals surface area contributed by atoms with Gasteiger partial charge in [0.25, 0.3) is 0 Å². The predicted octanol–water partition coefficient (Wildman–Crippen LogP) is 6.09. The number of furan rings is 1. The van der Waals surface area contributed by atoms with Crippen LogP contribution >= 0.6 is 11.6 Å². The Balaban J connectivity index is 1.33. The van der Waals surface area contributed by atoms with Crippen LogP contribution < -0.4 is 19.6 Å². The predicted molar refractivity (Wildman–Crippen MR) is 150 cm³/mol. The third kappa shape index (κ3) is 6.83. The van der Waals surface area contributed by atoms with Gasteiger partial charge < -0.3 is 23.2 Å². The number of nitrogens with zero attached hydrogens (tertiary/aromatic N) is 2. The molecule has 1 amide bonds. The molecule has 2 aromatic heterocycles. The van der Waals surface area contributed by atoms with E-state index in [1.165, 1.54) is 6.21 Å². The molecule has 0 aliphatic carbocycles. The topological polar surface area (TPSA) is 87.2 Å². The highest BCUT2D eigenvalue weighted by Gasteiger charge is 2.13. The van der Waals surface area contributed by atoms with Crippen LogP contribution in [0, 0.1) is 26.2 Å². The Hall–Kier alpha value is -4.61. The first-order valence-corrected chi connectivity index (χ1v) is 12.6. The van der Waals surface area contributed by atoms with Crippen molar-refractivity contribution in [2.24, 2.45) is 5.10 Å². The van der Waals surface area contributed by atoms with Gasteiger partial charge in [0.1, 0.15) is 24.7 Å². The fourth-order valence-electron chi connectivity index (χ4n) is 3.90. The van der Waals surface area contributed by atoms with Gasteiger partial charge >= 0.3 is 5.91 Å². The maximum Gasteiger partial charge on any atom is 0.307 e. The molecule has 0 aliphatic rings. The molecular weight excluding hydrogens is 518 g/mol. The summed E-state index contributed by atoms with van der Waals surface area (Å²) in [6.07, 6.45) is 6.70. The second-order valence-electron chi connectivity index (χ2n) is 8.45. The van der Waals surface area contributed by atoms with Crippen LogP contribution in [0.3, 0.4) is 0 Å². The number of amides is 1. The van der Waals surface area contributed by atoms with Crippen LogP contribution in [0.4, 0.5) is 0 Å². The number of aromatic nitrogens is 1. The molecule has 39 heavy (non-hydrogen) atoms. The summed E-state index contributed by atoms with van der Waals surface area (Å²) in [7, 11) is 0. The smallest absolute Gasteiger partial charge is 0.307 e. The Morgan fingerprint density at radius 1 is 1.08 bits per heavy atom. The van der Waals surface area contributed by atoms with E-state index >= 15 is 0 Å². The Kier molecular flexibility index (Phi) is 8.97. The molecule has 0 spiro atoms. The molecule has 0 bridgehead atoms. The van der Waals surface area contributed by atoms with Gasteiger partial charge in [-0.25, -0.2) is 5.43 Å². The van der Waals surface area contributed by atoms with E-state index in [9.17, 15) is 4.79 Å². The lowest BCUT2D eigenvalue weighted by molar-refractivity contribution is 0.0923. The zero-order chi connectivity index (χ0) is 27.8. The number of hydrogen-bond acceptors (Lipinski definition) is 6. The molecule has 0 radical (unpaired) electrons. The first kappa shape index (κ1) is 27.4. The first-order chi connectivity index (χ1) is 18.9. The van der Waals surface area contributed by atoms with Crippen LogP contribution in [0.2, 0.25) is 5.02 Å². The molecule has 0 saturated carbocycles. The number of hydrazone groups is 1. The van der Waals surface area contributed by atoms with E-state index in [1.807, 2.05) is 31.2 Å². The van der Waals surface area contributed by atoms with Gasteiger partial charge in [-0.3, -0.25) is 4.79 Å². The maximum absolute atomic E-state index is 12.5. The first-order valence-electron chi connectivity index (χ1n) is 12.2. The summed E-state index contributed by atoms with van der Waals surface area (Å²) in [5.41, 5.74) is 6.41. The van der Waals surface area contributed by atoms with Crippen LogP contribution in [-0.2, 0) is 6.61 Å². The van der Waals surface area contributed by atoms with E-state index in [0.29, 0.717) is 40.2 Å². The molecular formula is C30H28ClN3O5. The van der Waals surface area contributed by atoms with Gasteiger partial charge in [-0.15, -0.1) is 6.42 Å². The molecule has 0 atom stereocenters. The summed E-state index contributed by atoms with van der Waals surface area (Å²) in [6, 6.07) is 18.5. The van der Waals surface area contributed by atoms with Gasteiger partial charge in [0.15, 0.2) is 17.3 Å². The third-order valence-corrected chi connectivity index (χ3v) is 5.92. The molecule has 0 fully saturated rings. The van der Waals surface area contributed by atoms with Gasteiger partial charge in [-0.05, 0) is 87.0 Å². The Morgan fingerprint density at radius 2 is 1.82 bits per heavy atom. The molecule has 4 rings (SSSR count). The van der Waals surface area contributed by atoms with Crippen molar-refractivity contribution in [2.45, 2.75) is 27.4 Å². The number of terminal acetylenes is 1. The quantitative estimate of drug-likeness (QED) is 0.140. The van der Waals surface area contributed by atoms with Crippen molar-refractivity contribution in [3.05, 3.63) is 94.2 Å². The number of benzene rings is 2. The number of aryl methyl sites for hydroxylation is 2. The zero-order valence-corrected chi connectivity index (χ0v) is 22.6. The van der Waals surface area contributed by atoms with Crippen molar-refractivity contribution < 1.29 is 23.4 Å². The fourth-order valence-corrected chi connectivity index (χ4v) is 4.17. The zero-order valence-electron chi connectivity index (χ0n) is 21.9. The van der Waals surface area contributed by atoms with Crippen molar-refractivity contribution in [2.75, 3.05) is 13.2 Å². The normalized spacial score (nSPS) is 10.8. The number of ether oxygens (including phenoxy) is 3. The van der Waals surface area contributed by atoms with Crippen LogP contribution in [0.25, 0.3) is 5.69 Å². The van der Waals surface area contributed by atoms with E-state index in [1.54, 1.807) is 24.3 Å². The van der Waals surface area contributed by atoms with Gasteiger partial charge in [-0.2, -0.15) is 5.10 Å². The molecule has 4 aromatic rings. The number of rotatable bonds is 11. The summed E-state index contributed by atoms with van der Waals surface area (Å²) < 4.78 is 24.7. The minimum Gasteiger partial charge on any atom is -0.490 e. The highest BCUT2D eigenvalue weighted by molar-refractivity contribution is 6.32. The molecule has 0 saturated heterocycles. The van der Waals surface area contributed by atoms with Crippen LogP contribution in [-0.4, -0.2) is 29.9 Å². The average molecular weight is 546 g/mol. The summed E-state index contributed by atoms with van der Waals surface area (Å²) in [5.74, 6) is 3.95. The van der Waals surface area contributed by atoms with Crippen molar-refractivity contribution in [1.29, 1.82) is 0 Å². The van der Waals surface area contributed by atoms with Gasteiger partial charge in [-0.1, -0.05) is 17.5 Å². The largest absolute Gasteiger partial charge is 0.490 e. The number of nitrogens with one attached hydrogen (secondary N) is 1. The maximum atomic E-state index is 12.5. The Morgan fingerprint density at radius 3 is 2.51 bits per heavy atom. The van der Waals surface area contributed by atoms with Crippen molar-refractivity contribution in [3.8, 4) is 35.3 Å². The molecule has 8 nitrogen and oxygen atoms in total. The average Bonchev–Trinajstić information content (AvgIpc) is 3.53. The van der Waals surface area contributed by atoms with Crippen molar-refractivity contribution >= 4 is 23.7 Å². The van der Waals surface area contributed by atoms with Crippen molar-refractivity contribution in [3.63, 3.8) is 0 Å². The van der Waals surface area contributed by atoms with E-state index in [0.717, 1.165) is 17.1 Å². The number of carbonyl (C=O) groups excluding carboxylic acids is 1. The second-order valence-corrected chi connectivity index (χ2v) is 8.86. The Bertz CT molecular complexity index is 1490. The molecule has 0 aliphatic heterocycles. The number of carbonyl (C=O) groups is 1. The highest BCUT2D eigenvalue weighted by Crippen LogP contribution is 2.36. The van der Waals surface area contributed by atoms with Crippen LogP contribution in [0.15, 0.2) is 70.2 Å². The molecule has 0 unspecified atom stereocenters. The lowest BCUT2D eigenvalue weighted by Crippen LogP contribution is -2.16. The lowest BCUT2D eigenvalue weighted by atomic mass is 10.2. The second kappa shape index (κ2) is 12.8. The minimum absolute atomic E-state index is 0.0551. The number of halogens is 1.